The molecule has 0 saturated heterocycles. The highest BCUT2D eigenvalue weighted by Crippen LogP contribution is 2.26. The van der Waals surface area contributed by atoms with Crippen LogP contribution in [0.5, 0.6) is 0 Å². The van der Waals surface area contributed by atoms with Crippen molar-refractivity contribution in [3.63, 3.8) is 0 Å². The summed E-state index contributed by atoms with van der Waals surface area (Å²) in [5.74, 6) is 0.660. The van der Waals surface area contributed by atoms with Crippen LogP contribution in [0.3, 0.4) is 0 Å². The van der Waals surface area contributed by atoms with Crippen LogP contribution in [-0.2, 0) is 0 Å². The quantitative estimate of drug-likeness (QED) is 0.640. The standard InChI is InChI=1S/C18H29NOS/c1-5-7-10-15(6-2)13-19-18(20)16-11-8-9-12-17(16)21-14(3)4/h8-9,11-12,14-15H,5-7,10,13H2,1-4H3,(H,19,20)/t15-/m1/s1. The first kappa shape index (κ1) is 18.1. The Bertz CT molecular complexity index is 431. The lowest BCUT2D eigenvalue weighted by Crippen LogP contribution is -2.29. The van der Waals surface area contributed by atoms with Crippen molar-refractivity contribution in [2.24, 2.45) is 5.92 Å². The third-order valence-corrected chi connectivity index (χ3v) is 4.67. The third kappa shape index (κ3) is 6.56. The normalized spacial score (nSPS) is 12.4. The van der Waals surface area contributed by atoms with Crippen LogP contribution in [0.2, 0.25) is 0 Å². The second-order valence-corrected chi connectivity index (χ2v) is 7.41. The van der Waals surface area contributed by atoms with E-state index in [1.165, 1.54) is 19.3 Å². The van der Waals surface area contributed by atoms with Gasteiger partial charge < -0.3 is 5.32 Å². The van der Waals surface area contributed by atoms with Gasteiger partial charge in [-0.05, 0) is 24.5 Å². The number of carbonyl (C=O) groups is 1. The van der Waals surface area contributed by atoms with Gasteiger partial charge in [-0.15, -0.1) is 11.8 Å². The molecule has 0 heterocycles. The number of amides is 1. The SMILES string of the molecule is CCCC[C@@H](CC)CNC(=O)c1ccccc1SC(C)C. The van der Waals surface area contributed by atoms with Gasteiger partial charge in [0.2, 0.25) is 0 Å². The zero-order valence-electron chi connectivity index (χ0n) is 13.8. The van der Waals surface area contributed by atoms with Crippen molar-refractivity contribution in [2.45, 2.75) is 63.5 Å². The molecule has 2 nitrogen and oxygen atoms in total. The average molecular weight is 308 g/mol. The van der Waals surface area contributed by atoms with E-state index in [1.54, 1.807) is 11.8 Å². The average Bonchev–Trinajstić information content (AvgIpc) is 2.47. The molecular formula is C18H29NOS. The Hall–Kier alpha value is -0.960. The van der Waals surface area contributed by atoms with Gasteiger partial charge in [0.25, 0.3) is 5.91 Å². The lowest BCUT2D eigenvalue weighted by molar-refractivity contribution is 0.0943. The topological polar surface area (TPSA) is 29.1 Å². The van der Waals surface area contributed by atoms with Crippen molar-refractivity contribution in [1.82, 2.24) is 5.32 Å². The summed E-state index contributed by atoms with van der Waals surface area (Å²) in [6, 6.07) is 7.90. The van der Waals surface area contributed by atoms with Crippen molar-refractivity contribution >= 4 is 17.7 Å². The summed E-state index contributed by atoms with van der Waals surface area (Å²) in [6.07, 6.45) is 4.80. The zero-order chi connectivity index (χ0) is 15.7. The van der Waals surface area contributed by atoms with E-state index in [1.807, 2.05) is 24.3 Å². The highest BCUT2D eigenvalue weighted by Gasteiger charge is 2.14. The molecule has 0 fully saturated rings. The molecule has 1 aromatic carbocycles. The number of carbonyl (C=O) groups excluding carboxylic acids is 1. The van der Waals surface area contributed by atoms with E-state index in [0.29, 0.717) is 11.2 Å². The first-order valence-corrected chi connectivity index (χ1v) is 9.00. The molecule has 118 valence electrons. The Morgan fingerprint density at radius 1 is 1.24 bits per heavy atom. The predicted molar refractivity (Wildman–Crippen MR) is 93.1 cm³/mol. The molecule has 1 N–H and O–H groups in total. The predicted octanol–water partition coefficient (Wildman–Crippen LogP) is 5.13. The maximum atomic E-state index is 12.4. The Morgan fingerprint density at radius 3 is 2.57 bits per heavy atom. The molecular weight excluding hydrogens is 278 g/mol. The van der Waals surface area contributed by atoms with Crippen LogP contribution in [0.15, 0.2) is 29.2 Å². The van der Waals surface area contributed by atoms with Gasteiger partial charge in [-0.2, -0.15) is 0 Å². The molecule has 0 aliphatic carbocycles. The van der Waals surface area contributed by atoms with E-state index < -0.39 is 0 Å². The first-order chi connectivity index (χ1) is 10.1. The largest absolute Gasteiger partial charge is 0.352 e. The van der Waals surface area contributed by atoms with Gasteiger partial charge in [0.1, 0.15) is 0 Å². The number of hydrogen-bond donors (Lipinski definition) is 1. The monoisotopic (exact) mass is 307 g/mol. The van der Waals surface area contributed by atoms with E-state index in [2.05, 4.69) is 33.0 Å². The second kappa shape index (κ2) is 9.88. The van der Waals surface area contributed by atoms with E-state index in [0.717, 1.165) is 23.4 Å². The number of hydrogen-bond acceptors (Lipinski definition) is 2. The molecule has 1 atom stereocenters. The van der Waals surface area contributed by atoms with Crippen LogP contribution in [-0.4, -0.2) is 17.7 Å². The van der Waals surface area contributed by atoms with Crippen LogP contribution in [0, 0.1) is 5.92 Å². The maximum absolute atomic E-state index is 12.4. The Morgan fingerprint density at radius 2 is 1.95 bits per heavy atom. The molecule has 21 heavy (non-hydrogen) atoms. The molecule has 0 aliphatic rings. The fourth-order valence-corrected chi connectivity index (χ4v) is 3.24. The van der Waals surface area contributed by atoms with E-state index >= 15 is 0 Å². The van der Waals surface area contributed by atoms with Crippen molar-refractivity contribution in [3.8, 4) is 0 Å². The number of benzene rings is 1. The first-order valence-electron chi connectivity index (χ1n) is 8.12. The van der Waals surface area contributed by atoms with Crippen LogP contribution >= 0.6 is 11.8 Å². The molecule has 0 radical (unpaired) electrons. The fraction of sp³-hybridized carbons (Fsp3) is 0.611. The highest BCUT2D eigenvalue weighted by atomic mass is 32.2. The molecule has 1 amide bonds. The van der Waals surface area contributed by atoms with Gasteiger partial charge in [0, 0.05) is 16.7 Å². The van der Waals surface area contributed by atoms with Crippen molar-refractivity contribution in [2.75, 3.05) is 6.54 Å². The van der Waals surface area contributed by atoms with E-state index in [9.17, 15) is 4.79 Å². The molecule has 3 heteroatoms. The number of unbranched alkanes of at least 4 members (excludes halogenated alkanes) is 1. The molecule has 0 aromatic heterocycles. The number of rotatable bonds is 9. The van der Waals surface area contributed by atoms with Gasteiger partial charge in [-0.3, -0.25) is 4.79 Å². The minimum absolute atomic E-state index is 0.0636. The minimum Gasteiger partial charge on any atom is -0.352 e. The van der Waals surface area contributed by atoms with Gasteiger partial charge in [-0.1, -0.05) is 59.1 Å². The lowest BCUT2D eigenvalue weighted by Gasteiger charge is -2.16. The van der Waals surface area contributed by atoms with Crippen molar-refractivity contribution in [1.29, 1.82) is 0 Å². The molecule has 0 unspecified atom stereocenters. The van der Waals surface area contributed by atoms with Gasteiger partial charge in [0.05, 0.1) is 5.56 Å². The molecule has 0 spiro atoms. The Balaban J connectivity index is 2.62. The van der Waals surface area contributed by atoms with Gasteiger partial charge in [-0.25, -0.2) is 0 Å². The van der Waals surface area contributed by atoms with Crippen LogP contribution in [0.1, 0.15) is 63.7 Å². The van der Waals surface area contributed by atoms with Gasteiger partial charge in [0.15, 0.2) is 0 Å². The molecule has 1 aromatic rings. The fourth-order valence-electron chi connectivity index (χ4n) is 2.29. The van der Waals surface area contributed by atoms with Gasteiger partial charge >= 0.3 is 0 Å². The summed E-state index contributed by atoms with van der Waals surface area (Å²) >= 11 is 1.75. The van der Waals surface area contributed by atoms with E-state index in [-0.39, 0.29) is 5.91 Å². The lowest BCUT2D eigenvalue weighted by atomic mass is 9.99. The molecule has 0 bridgehead atoms. The van der Waals surface area contributed by atoms with Crippen LogP contribution in [0.4, 0.5) is 0 Å². The smallest absolute Gasteiger partial charge is 0.252 e. The summed E-state index contributed by atoms with van der Waals surface area (Å²) in [5, 5.41) is 3.60. The summed E-state index contributed by atoms with van der Waals surface area (Å²) in [4.78, 5) is 13.5. The summed E-state index contributed by atoms with van der Waals surface area (Å²) < 4.78 is 0. The maximum Gasteiger partial charge on any atom is 0.252 e. The minimum atomic E-state index is 0.0636. The summed E-state index contributed by atoms with van der Waals surface area (Å²) in [6.45, 7) is 9.50. The Kier molecular flexibility index (Phi) is 8.51. The number of thioether (sulfide) groups is 1. The second-order valence-electron chi connectivity index (χ2n) is 5.79. The summed E-state index contributed by atoms with van der Waals surface area (Å²) in [7, 11) is 0. The molecule has 1 rings (SSSR count). The summed E-state index contributed by atoms with van der Waals surface area (Å²) in [5.41, 5.74) is 0.807. The molecule has 0 aliphatic heterocycles. The highest BCUT2D eigenvalue weighted by molar-refractivity contribution is 8.00. The van der Waals surface area contributed by atoms with Crippen molar-refractivity contribution in [3.05, 3.63) is 29.8 Å². The van der Waals surface area contributed by atoms with E-state index in [4.69, 9.17) is 0 Å². The zero-order valence-corrected chi connectivity index (χ0v) is 14.6. The van der Waals surface area contributed by atoms with Crippen molar-refractivity contribution < 1.29 is 4.79 Å². The number of nitrogens with one attached hydrogen (secondary N) is 1. The third-order valence-electron chi connectivity index (χ3n) is 3.59. The Labute approximate surface area is 134 Å². The van der Waals surface area contributed by atoms with Crippen LogP contribution < -0.4 is 5.32 Å². The molecule has 0 saturated carbocycles. The van der Waals surface area contributed by atoms with Crippen LogP contribution in [0.25, 0.3) is 0 Å².